The van der Waals surface area contributed by atoms with Crippen molar-refractivity contribution in [2.24, 2.45) is 0 Å². The second-order valence-corrected chi connectivity index (χ2v) is 7.16. The van der Waals surface area contributed by atoms with Crippen LogP contribution in [-0.4, -0.2) is 10.7 Å². The summed E-state index contributed by atoms with van der Waals surface area (Å²) in [7, 11) is 0. The van der Waals surface area contributed by atoms with E-state index in [2.05, 4.69) is 0 Å². The lowest BCUT2D eigenvalue weighted by Crippen LogP contribution is -2.03. The van der Waals surface area contributed by atoms with Crippen LogP contribution in [0.3, 0.4) is 0 Å². The number of carbonyl (C=O) groups is 1. The number of nitrogens with zero attached hydrogens (tertiary/aromatic N) is 1. The van der Waals surface area contributed by atoms with E-state index in [0.29, 0.717) is 27.1 Å². The highest BCUT2D eigenvalue weighted by atomic mass is 35.5. The van der Waals surface area contributed by atoms with Gasteiger partial charge in [0.2, 0.25) is 5.78 Å². The lowest BCUT2D eigenvalue weighted by atomic mass is 10.0. The average molecular weight is 427 g/mol. The normalized spacial score (nSPS) is 11.0. The molecule has 0 bridgehead atoms. The van der Waals surface area contributed by atoms with Gasteiger partial charge in [-0.25, -0.2) is 0 Å². The second kappa shape index (κ2) is 7.24. The van der Waals surface area contributed by atoms with Gasteiger partial charge in [-0.1, -0.05) is 41.4 Å². The average Bonchev–Trinajstić information content (AvgIpc) is 3.03. The number of non-ortho nitro benzene ring substituents is 1. The zero-order chi connectivity index (χ0) is 20.7. The molecule has 4 rings (SSSR count). The van der Waals surface area contributed by atoms with Crippen molar-refractivity contribution >= 4 is 51.3 Å². The number of rotatable bonds is 4. The van der Waals surface area contributed by atoms with Gasteiger partial charge in [-0.15, -0.1) is 0 Å². The first-order valence-corrected chi connectivity index (χ1v) is 9.17. The maximum Gasteiger partial charge on any atom is 0.270 e. The molecule has 1 heterocycles. The topological polar surface area (TPSA) is 99.4 Å². The molecule has 29 heavy (non-hydrogen) atoms. The van der Waals surface area contributed by atoms with Gasteiger partial charge >= 0.3 is 0 Å². The minimum atomic E-state index is -0.461. The summed E-state index contributed by atoms with van der Waals surface area (Å²) in [4.78, 5) is 23.4. The van der Waals surface area contributed by atoms with Crippen LogP contribution in [0, 0.1) is 10.1 Å². The predicted molar refractivity (Wildman–Crippen MR) is 113 cm³/mol. The summed E-state index contributed by atoms with van der Waals surface area (Å²) in [5.74, 6) is -0.488. The Hall–Kier alpha value is -3.35. The first kappa shape index (κ1) is 19.0. The molecule has 0 unspecified atom stereocenters. The van der Waals surface area contributed by atoms with Crippen molar-refractivity contribution in [3.63, 3.8) is 0 Å². The molecule has 0 aliphatic heterocycles. The number of nitro groups is 1. The molecule has 0 radical (unpaired) electrons. The highest BCUT2D eigenvalue weighted by molar-refractivity contribution is 6.37. The lowest BCUT2D eigenvalue weighted by Gasteiger charge is -2.02. The maximum absolute atomic E-state index is 12.9. The number of nitrogen functional groups attached to an aromatic ring is 1. The molecule has 144 valence electrons. The standard InChI is InChI=1S/C21H12Cl2N2O4/c22-13-5-7-15(17(23)10-13)20(26)21-19(24)16-6-4-12(9-18(16)29-21)11-2-1-3-14(8-11)25(27)28/h1-10H,24H2. The second-order valence-electron chi connectivity index (χ2n) is 6.32. The van der Waals surface area contributed by atoms with Crippen molar-refractivity contribution in [1.82, 2.24) is 0 Å². The molecular formula is C21H12Cl2N2O4. The zero-order valence-corrected chi connectivity index (χ0v) is 16.2. The molecular weight excluding hydrogens is 415 g/mol. The first-order chi connectivity index (χ1) is 13.8. The summed E-state index contributed by atoms with van der Waals surface area (Å²) in [5.41, 5.74) is 8.26. The number of fused-ring (bicyclic) bond motifs is 1. The summed E-state index contributed by atoms with van der Waals surface area (Å²) >= 11 is 12.0. The Labute approximate surface area is 174 Å². The molecule has 8 heteroatoms. The predicted octanol–water partition coefficient (Wildman–Crippen LogP) is 6.13. The van der Waals surface area contributed by atoms with Gasteiger partial charge in [-0.2, -0.15) is 0 Å². The summed E-state index contributed by atoms with van der Waals surface area (Å²) in [6.45, 7) is 0. The van der Waals surface area contributed by atoms with Crippen LogP contribution in [0.15, 0.2) is 65.1 Å². The first-order valence-electron chi connectivity index (χ1n) is 8.42. The summed E-state index contributed by atoms with van der Waals surface area (Å²) < 4.78 is 5.74. The van der Waals surface area contributed by atoms with Crippen LogP contribution < -0.4 is 5.73 Å². The molecule has 0 atom stereocenters. The molecule has 0 saturated carbocycles. The van der Waals surface area contributed by atoms with Crippen LogP contribution in [0.5, 0.6) is 0 Å². The van der Waals surface area contributed by atoms with Crippen LogP contribution in [-0.2, 0) is 0 Å². The van der Waals surface area contributed by atoms with Gasteiger partial charge in [0.15, 0.2) is 5.76 Å². The van der Waals surface area contributed by atoms with Crippen molar-refractivity contribution in [1.29, 1.82) is 0 Å². The van der Waals surface area contributed by atoms with Crippen molar-refractivity contribution in [3.8, 4) is 11.1 Å². The molecule has 0 aliphatic rings. The molecule has 2 N–H and O–H groups in total. The SMILES string of the molecule is Nc1c(C(=O)c2ccc(Cl)cc2Cl)oc2cc(-c3cccc([N+](=O)[O-])c3)ccc12. The summed E-state index contributed by atoms with van der Waals surface area (Å²) in [6, 6.07) is 15.9. The monoisotopic (exact) mass is 426 g/mol. The number of hydrogen-bond acceptors (Lipinski definition) is 5. The van der Waals surface area contributed by atoms with E-state index >= 15 is 0 Å². The van der Waals surface area contributed by atoms with Crippen LogP contribution >= 0.6 is 23.2 Å². The van der Waals surface area contributed by atoms with E-state index < -0.39 is 10.7 Å². The van der Waals surface area contributed by atoms with E-state index in [4.69, 9.17) is 33.4 Å². The lowest BCUT2D eigenvalue weighted by molar-refractivity contribution is -0.384. The molecule has 4 aromatic rings. The minimum absolute atomic E-state index is 0.0187. The van der Waals surface area contributed by atoms with Crippen LogP contribution in [0.4, 0.5) is 11.4 Å². The Morgan fingerprint density at radius 1 is 1.00 bits per heavy atom. The van der Waals surface area contributed by atoms with E-state index in [9.17, 15) is 14.9 Å². The number of nitrogens with two attached hydrogens (primary N) is 1. The smallest absolute Gasteiger partial charge is 0.270 e. The van der Waals surface area contributed by atoms with Gasteiger partial charge in [-0.3, -0.25) is 14.9 Å². The number of halogens is 2. The highest BCUT2D eigenvalue weighted by Crippen LogP contribution is 2.35. The Bertz CT molecular complexity index is 1300. The third kappa shape index (κ3) is 3.44. The largest absolute Gasteiger partial charge is 0.450 e. The molecule has 6 nitrogen and oxygen atoms in total. The van der Waals surface area contributed by atoms with Crippen molar-refractivity contribution in [2.75, 3.05) is 5.73 Å². The van der Waals surface area contributed by atoms with Crippen molar-refractivity contribution in [2.45, 2.75) is 0 Å². The molecule has 0 fully saturated rings. The van der Waals surface area contributed by atoms with Crippen molar-refractivity contribution in [3.05, 3.63) is 92.1 Å². The van der Waals surface area contributed by atoms with Crippen LogP contribution in [0.25, 0.3) is 22.1 Å². The third-order valence-electron chi connectivity index (χ3n) is 4.50. The Morgan fingerprint density at radius 2 is 1.76 bits per heavy atom. The number of furan rings is 1. The molecule has 0 saturated heterocycles. The number of ketones is 1. The quantitative estimate of drug-likeness (QED) is 0.240. The maximum atomic E-state index is 12.9. The fraction of sp³-hybridized carbons (Fsp3) is 0. The fourth-order valence-corrected chi connectivity index (χ4v) is 3.55. The molecule has 0 aliphatic carbocycles. The third-order valence-corrected chi connectivity index (χ3v) is 5.05. The Morgan fingerprint density at radius 3 is 2.48 bits per heavy atom. The number of carbonyl (C=O) groups excluding carboxylic acids is 1. The van der Waals surface area contributed by atoms with E-state index in [-0.39, 0.29) is 27.7 Å². The molecule has 0 amide bonds. The molecule has 1 aromatic heterocycles. The van der Waals surface area contributed by atoms with Gasteiger partial charge < -0.3 is 10.2 Å². The Kier molecular flexibility index (Phi) is 4.74. The zero-order valence-electron chi connectivity index (χ0n) is 14.7. The van der Waals surface area contributed by atoms with Gasteiger partial charge in [0.25, 0.3) is 5.69 Å². The number of benzene rings is 3. The fourth-order valence-electron chi connectivity index (χ4n) is 3.06. The summed E-state index contributed by atoms with van der Waals surface area (Å²) in [6.07, 6.45) is 0. The van der Waals surface area contributed by atoms with Gasteiger partial charge in [-0.05, 0) is 41.5 Å². The van der Waals surface area contributed by atoms with Crippen LogP contribution in [0.2, 0.25) is 10.0 Å². The highest BCUT2D eigenvalue weighted by Gasteiger charge is 2.22. The van der Waals surface area contributed by atoms with E-state index in [1.165, 1.54) is 24.3 Å². The van der Waals surface area contributed by atoms with Crippen LogP contribution in [0.1, 0.15) is 16.1 Å². The van der Waals surface area contributed by atoms with Gasteiger partial charge in [0.05, 0.1) is 15.6 Å². The number of hydrogen-bond donors (Lipinski definition) is 1. The minimum Gasteiger partial charge on any atom is -0.450 e. The number of anilines is 1. The van der Waals surface area contributed by atoms with E-state index in [1.807, 2.05) is 0 Å². The molecule has 0 spiro atoms. The van der Waals surface area contributed by atoms with Crippen molar-refractivity contribution < 1.29 is 14.1 Å². The van der Waals surface area contributed by atoms with Gasteiger partial charge in [0.1, 0.15) is 5.58 Å². The Balaban J connectivity index is 1.79. The molecule has 3 aromatic carbocycles. The van der Waals surface area contributed by atoms with Gasteiger partial charge in [0, 0.05) is 28.1 Å². The summed E-state index contributed by atoms with van der Waals surface area (Å²) in [5, 5.41) is 12.2. The number of nitro benzene ring substituents is 1. The van der Waals surface area contributed by atoms with E-state index in [1.54, 1.807) is 36.4 Å². The van der Waals surface area contributed by atoms with E-state index in [0.717, 1.165) is 0 Å².